The first-order valence-electron chi connectivity index (χ1n) is 9.52. The van der Waals surface area contributed by atoms with Crippen molar-refractivity contribution in [2.24, 2.45) is 17.6 Å². The fraction of sp³-hybridized carbons (Fsp3) is 0.600. The van der Waals surface area contributed by atoms with Crippen LogP contribution in [-0.2, 0) is 11.2 Å². The van der Waals surface area contributed by atoms with Crippen LogP contribution in [0.3, 0.4) is 0 Å². The number of piperidine rings is 1. The van der Waals surface area contributed by atoms with E-state index in [2.05, 4.69) is 29.6 Å². The van der Waals surface area contributed by atoms with Gasteiger partial charge in [0.15, 0.2) is 0 Å². The van der Waals surface area contributed by atoms with E-state index in [1.165, 1.54) is 24.8 Å². The molecule has 1 aromatic carbocycles. The van der Waals surface area contributed by atoms with Crippen molar-refractivity contribution < 1.29 is 9.59 Å². The summed E-state index contributed by atoms with van der Waals surface area (Å²) in [6.45, 7) is 1.18. The molecule has 5 heteroatoms. The fourth-order valence-electron chi connectivity index (χ4n) is 4.22. The molecule has 2 fully saturated rings. The topological polar surface area (TPSA) is 75.4 Å². The maximum atomic E-state index is 12.7. The molecule has 1 saturated heterocycles. The van der Waals surface area contributed by atoms with Gasteiger partial charge in [-0.1, -0.05) is 43.2 Å². The van der Waals surface area contributed by atoms with Crippen molar-refractivity contribution in [2.45, 2.75) is 51.0 Å². The minimum absolute atomic E-state index is 0.00917. The first kappa shape index (κ1) is 17.8. The minimum atomic E-state index is -0.380. The third kappa shape index (κ3) is 4.74. The van der Waals surface area contributed by atoms with Crippen LogP contribution in [0.25, 0.3) is 0 Å². The number of amides is 3. The monoisotopic (exact) mass is 343 g/mol. The van der Waals surface area contributed by atoms with Gasteiger partial charge >= 0.3 is 6.03 Å². The molecule has 1 aromatic rings. The van der Waals surface area contributed by atoms with Crippen LogP contribution in [0.2, 0.25) is 0 Å². The van der Waals surface area contributed by atoms with Crippen molar-refractivity contribution in [1.82, 2.24) is 10.2 Å². The summed E-state index contributed by atoms with van der Waals surface area (Å²) in [5.41, 5.74) is 6.67. The van der Waals surface area contributed by atoms with Crippen LogP contribution in [0.5, 0.6) is 0 Å². The van der Waals surface area contributed by atoms with Gasteiger partial charge in [-0.2, -0.15) is 0 Å². The van der Waals surface area contributed by atoms with Gasteiger partial charge in [0.1, 0.15) is 0 Å². The number of nitrogens with zero attached hydrogens (tertiary/aromatic N) is 1. The molecule has 5 nitrogen and oxygen atoms in total. The smallest absolute Gasteiger partial charge is 0.314 e. The van der Waals surface area contributed by atoms with E-state index in [1.54, 1.807) is 4.90 Å². The van der Waals surface area contributed by atoms with E-state index in [1.807, 2.05) is 6.07 Å². The minimum Gasteiger partial charge on any atom is -0.353 e. The quantitative estimate of drug-likeness (QED) is 0.882. The first-order valence-corrected chi connectivity index (χ1v) is 9.52. The third-order valence-electron chi connectivity index (χ3n) is 5.75. The van der Waals surface area contributed by atoms with Crippen LogP contribution < -0.4 is 11.1 Å². The molecular weight excluding hydrogens is 314 g/mol. The highest BCUT2D eigenvalue weighted by molar-refractivity contribution is 5.79. The van der Waals surface area contributed by atoms with Gasteiger partial charge in [0, 0.05) is 25.0 Å². The van der Waals surface area contributed by atoms with E-state index in [0.717, 1.165) is 12.8 Å². The lowest BCUT2D eigenvalue weighted by Gasteiger charge is -2.35. The summed E-state index contributed by atoms with van der Waals surface area (Å²) < 4.78 is 0. The number of likely N-dealkylation sites (tertiary alicyclic amines) is 1. The Kier molecular flexibility index (Phi) is 5.95. The number of nitrogens with two attached hydrogens (primary N) is 1. The van der Waals surface area contributed by atoms with E-state index in [4.69, 9.17) is 5.73 Å². The number of primary amides is 1. The lowest BCUT2D eigenvalue weighted by molar-refractivity contribution is -0.127. The number of carbonyl (C=O) groups is 2. The third-order valence-corrected chi connectivity index (χ3v) is 5.75. The second-order valence-electron chi connectivity index (χ2n) is 7.45. The second kappa shape index (κ2) is 8.37. The Hall–Kier alpha value is -2.04. The summed E-state index contributed by atoms with van der Waals surface area (Å²) in [5.74, 6) is 0.690. The van der Waals surface area contributed by atoms with E-state index < -0.39 is 0 Å². The molecule has 0 radical (unpaired) electrons. The molecule has 2 aliphatic rings. The van der Waals surface area contributed by atoms with Gasteiger partial charge in [-0.25, -0.2) is 4.79 Å². The lowest BCUT2D eigenvalue weighted by atomic mass is 9.80. The zero-order chi connectivity index (χ0) is 17.6. The molecule has 1 aliphatic heterocycles. The summed E-state index contributed by atoms with van der Waals surface area (Å²) in [6.07, 6.45) is 7.15. The van der Waals surface area contributed by atoms with Crippen molar-refractivity contribution >= 4 is 11.9 Å². The predicted octanol–water partition coefficient (Wildman–Crippen LogP) is 2.69. The zero-order valence-corrected chi connectivity index (χ0v) is 14.8. The molecule has 0 aromatic heterocycles. The van der Waals surface area contributed by atoms with Crippen molar-refractivity contribution in [3.8, 4) is 0 Å². The summed E-state index contributed by atoms with van der Waals surface area (Å²) >= 11 is 0. The van der Waals surface area contributed by atoms with Crippen LogP contribution in [0.1, 0.15) is 44.1 Å². The van der Waals surface area contributed by atoms with Gasteiger partial charge in [-0.3, -0.25) is 4.79 Å². The molecule has 0 unspecified atom stereocenters. The lowest BCUT2D eigenvalue weighted by Crippen LogP contribution is -2.49. The summed E-state index contributed by atoms with van der Waals surface area (Å²) in [5, 5.41) is 3.33. The SMILES string of the molecule is NC(=O)N1CCC(C(=O)N[C@H]2CCCC[C@@H]2Cc2ccccc2)CC1. The van der Waals surface area contributed by atoms with Crippen LogP contribution >= 0.6 is 0 Å². The van der Waals surface area contributed by atoms with E-state index in [9.17, 15) is 9.59 Å². The van der Waals surface area contributed by atoms with Gasteiger partial charge < -0.3 is 16.0 Å². The maximum absolute atomic E-state index is 12.7. The van der Waals surface area contributed by atoms with Crippen molar-refractivity contribution in [1.29, 1.82) is 0 Å². The van der Waals surface area contributed by atoms with Gasteiger partial charge in [0.25, 0.3) is 0 Å². The summed E-state index contributed by atoms with van der Waals surface area (Å²) in [6, 6.07) is 10.4. The molecule has 2 atom stereocenters. The molecule has 1 aliphatic carbocycles. The number of rotatable bonds is 4. The number of hydrogen-bond acceptors (Lipinski definition) is 2. The molecule has 3 amide bonds. The molecular formula is C20H29N3O2. The molecule has 3 rings (SSSR count). The van der Waals surface area contributed by atoms with E-state index in [-0.39, 0.29) is 23.9 Å². The normalized spacial score (nSPS) is 24.7. The van der Waals surface area contributed by atoms with Gasteiger partial charge in [0.05, 0.1) is 0 Å². The molecule has 25 heavy (non-hydrogen) atoms. The van der Waals surface area contributed by atoms with Gasteiger partial charge in [-0.05, 0) is 43.6 Å². The Labute approximate surface area is 150 Å². The Morgan fingerprint density at radius 3 is 2.40 bits per heavy atom. The van der Waals surface area contributed by atoms with Gasteiger partial charge in [0.2, 0.25) is 5.91 Å². The molecule has 3 N–H and O–H groups in total. The molecule has 1 saturated carbocycles. The molecule has 0 bridgehead atoms. The highest BCUT2D eigenvalue weighted by Gasteiger charge is 2.31. The highest BCUT2D eigenvalue weighted by Crippen LogP contribution is 2.28. The number of nitrogens with one attached hydrogen (secondary N) is 1. The van der Waals surface area contributed by atoms with Crippen LogP contribution in [0.4, 0.5) is 4.79 Å². The maximum Gasteiger partial charge on any atom is 0.314 e. The van der Waals surface area contributed by atoms with Crippen LogP contribution in [0.15, 0.2) is 30.3 Å². The van der Waals surface area contributed by atoms with Crippen molar-refractivity contribution in [3.05, 3.63) is 35.9 Å². The van der Waals surface area contributed by atoms with E-state index >= 15 is 0 Å². The second-order valence-corrected chi connectivity index (χ2v) is 7.45. The standard InChI is InChI=1S/C20H29N3O2/c21-20(25)23-12-10-16(11-13-23)19(24)22-18-9-5-4-8-17(18)14-15-6-2-1-3-7-15/h1-3,6-7,16-18H,4-5,8-14H2,(H2,21,25)(H,22,24)/t17-,18+/m1/s1. The summed E-state index contributed by atoms with van der Waals surface area (Å²) in [4.78, 5) is 25.5. The molecule has 136 valence electrons. The van der Waals surface area contributed by atoms with Gasteiger partial charge in [-0.15, -0.1) is 0 Å². The average Bonchev–Trinajstić information content (AvgIpc) is 2.64. The number of benzene rings is 1. The van der Waals surface area contributed by atoms with Crippen molar-refractivity contribution in [3.63, 3.8) is 0 Å². The Morgan fingerprint density at radius 2 is 1.72 bits per heavy atom. The van der Waals surface area contributed by atoms with E-state index in [0.29, 0.717) is 31.8 Å². The number of hydrogen-bond donors (Lipinski definition) is 2. The van der Waals surface area contributed by atoms with Crippen LogP contribution in [-0.4, -0.2) is 36.0 Å². The summed E-state index contributed by atoms with van der Waals surface area (Å²) in [7, 11) is 0. The number of urea groups is 1. The predicted molar refractivity (Wildman–Crippen MR) is 97.9 cm³/mol. The molecule has 0 spiro atoms. The van der Waals surface area contributed by atoms with Crippen LogP contribution in [0, 0.1) is 11.8 Å². The highest BCUT2D eigenvalue weighted by atomic mass is 16.2. The largest absolute Gasteiger partial charge is 0.353 e. The Balaban J connectivity index is 1.54. The zero-order valence-electron chi connectivity index (χ0n) is 14.8. The Morgan fingerprint density at radius 1 is 1.04 bits per heavy atom. The first-order chi connectivity index (χ1) is 12.1. The average molecular weight is 343 g/mol. The molecule has 1 heterocycles. The van der Waals surface area contributed by atoms with Crippen molar-refractivity contribution in [2.75, 3.05) is 13.1 Å². The Bertz CT molecular complexity index is 582. The number of carbonyl (C=O) groups excluding carboxylic acids is 2. The fourth-order valence-corrected chi connectivity index (χ4v) is 4.22.